The minimum Gasteiger partial charge on any atom is -0.379 e. The predicted molar refractivity (Wildman–Crippen MR) is 60.9 cm³/mol. The summed E-state index contributed by atoms with van der Waals surface area (Å²) in [6.45, 7) is 1.37. The highest BCUT2D eigenvalue weighted by Gasteiger charge is 2.21. The van der Waals surface area contributed by atoms with Gasteiger partial charge in [-0.15, -0.1) is 0 Å². The first-order valence-corrected chi connectivity index (χ1v) is 5.65. The number of pyridine rings is 1. The molecule has 2 heterocycles. The van der Waals surface area contributed by atoms with Crippen molar-refractivity contribution in [2.24, 2.45) is 0 Å². The molecule has 0 spiro atoms. The number of rotatable bonds is 4. The van der Waals surface area contributed by atoms with Crippen LogP contribution in [0.5, 0.6) is 0 Å². The van der Waals surface area contributed by atoms with E-state index in [0.29, 0.717) is 29.3 Å². The number of nitro groups is 1. The van der Waals surface area contributed by atoms with E-state index in [1.165, 1.54) is 23.9 Å². The zero-order valence-electron chi connectivity index (χ0n) is 8.67. The fourth-order valence-corrected chi connectivity index (χ4v) is 2.25. The Labute approximate surface area is 96.5 Å². The third-order valence-electron chi connectivity index (χ3n) is 2.15. The molecule has 0 aromatic carbocycles. The zero-order chi connectivity index (χ0) is 11.5. The number of hydrogen-bond acceptors (Lipinski definition) is 6. The van der Waals surface area contributed by atoms with E-state index in [-0.39, 0.29) is 5.69 Å². The van der Waals surface area contributed by atoms with Crippen LogP contribution in [0.3, 0.4) is 0 Å². The lowest BCUT2D eigenvalue weighted by Gasteiger charge is -2.24. The van der Waals surface area contributed by atoms with Crippen LogP contribution in [0, 0.1) is 10.1 Å². The van der Waals surface area contributed by atoms with Crippen LogP contribution in [0.25, 0.3) is 0 Å². The molecule has 1 saturated heterocycles. The van der Waals surface area contributed by atoms with Gasteiger partial charge in [-0.2, -0.15) is 0 Å². The van der Waals surface area contributed by atoms with E-state index in [9.17, 15) is 10.1 Å². The molecule has 0 bridgehead atoms. The average Bonchev–Trinajstić information content (AvgIpc) is 2.23. The smallest absolute Gasteiger partial charge is 0.275 e. The van der Waals surface area contributed by atoms with Crippen LogP contribution >= 0.6 is 11.8 Å². The summed E-state index contributed by atoms with van der Waals surface area (Å²) in [7, 11) is 1.69. The molecular formula is C9H11N3O3S. The van der Waals surface area contributed by atoms with Gasteiger partial charge in [-0.25, -0.2) is 4.98 Å². The molecule has 1 aliphatic heterocycles. The molecule has 16 heavy (non-hydrogen) atoms. The van der Waals surface area contributed by atoms with E-state index in [4.69, 9.17) is 4.74 Å². The first-order valence-electron chi connectivity index (χ1n) is 4.77. The molecule has 1 aliphatic rings. The summed E-state index contributed by atoms with van der Waals surface area (Å²) in [4.78, 5) is 14.5. The Morgan fingerprint density at radius 3 is 2.88 bits per heavy atom. The van der Waals surface area contributed by atoms with Gasteiger partial charge in [-0.05, 0) is 0 Å². The second kappa shape index (κ2) is 4.67. The topological polar surface area (TPSA) is 77.3 Å². The molecule has 0 saturated carbocycles. The Kier molecular flexibility index (Phi) is 3.25. The van der Waals surface area contributed by atoms with Gasteiger partial charge in [0.15, 0.2) is 0 Å². The Hall–Kier alpha value is -1.34. The highest BCUT2D eigenvalue weighted by molar-refractivity contribution is 8.00. The lowest BCUT2D eigenvalue weighted by Crippen LogP contribution is -2.30. The summed E-state index contributed by atoms with van der Waals surface area (Å²) in [6.07, 6.45) is 0. The van der Waals surface area contributed by atoms with Crippen LogP contribution in [-0.2, 0) is 4.74 Å². The van der Waals surface area contributed by atoms with Crippen LogP contribution in [0.2, 0.25) is 0 Å². The summed E-state index contributed by atoms with van der Waals surface area (Å²) in [6, 6.07) is 2.91. The molecule has 0 atom stereocenters. The van der Waals surface area contributed by atoms with Gasteiger partial charge in [0.1, 0.15) is 10.8 Å². The molecule has 1 fully saturated rings. The quantitative estimate of drug-likeness (QED) is 0.636. The second-order valence-electron chi connectivity index (χ2n) is 3.33. The first-order chi connectivity index (χ1) is 7.69. The Balaban J connectivity index is 2.21. The molecule has 86 valence electrons. The molecule has 7 heteroatoms. The molecule has 1 N–H and O–H groups in total. The van der Waals surface area contributed by atoms with Crippen LogP contribution in [0.4, 0.5) is 11.5 Å². The largest absolute Gasteiger partial charge is 0.379 e. The second-order valence-corrected chi connectivity index (χ2v) is 4.65. The maximum Gasteiger partial charge on any atom is 0.275 e. The third-order valence-corrected chi connectivity index (χ3v) is 3.20. The molecule has 0 aliphatic carbocycles. The average molecular weight is 241 g/mol. The van der Waals surface area contributed by atoms with E-state index < -0.39 is 4.92 Å². The van der Waals surface area contributed by atoms with Crippen molar-refractivity contribution < 1.29 is 9.66 Å². The first kappa shape index (κ1) is 11.2. The predicted octanol–water partition coefficient (Wildman–Crippen LogP) is 1.52. The number of aromatic nitrogens is 1. The van der Waals surface area contributed by atoms with Crippen LogP contribution in [-0.4, -0.2) is 35.4 Å². The van der Waals surface area contributed by atoms with E-state index in [1.807, 2.05) is 0 Å². The fraction of sp³-hybridized carbons (Fsp3) is 0.444. The van der Waals surface area contributed by atoms with Crippen molar-refractivity contribution >= 4 is 23.3 Å². The van der Waals surface area contributed by atoms with Crippen molar-refractivity contribution in [2.75, 3.05) is 25.6 Å². The highest BCUT2D eigenvalue weighted by atomic mass is 32.2. The molecule has 0 amide bonds. The van der Waals surface area contributed by atoms with Gasteiger partial charge in [0.05, 0.1) is 29.5 Å². The lowest BCUT2D eigenvalue weighted by molar-refractivity contribution is -0.385. The molecule has 1 aromatic rings. The fourth-order valence-electron chi connectivity index (χ4n) is 1.24. The summed E-state index contributed by atoms with van der Waals surface area (Å²) in [5.74, 6) is 0.511. The molecule has 0 radical (unpaired) electrons. The van der Waals surface area contributed by atoms with Gasteiger partial charge in [0.25, 0.3) is 5.69 Å². The SMILES string of the molecule is CNc1cc([N+](=O)[O-])cc(SC2COC2)n1. The van der Waals surface area contributed by atoms with Crippen LogP contribution in [0.1, 0.15) is 0 Å². The monoisotopic (exact) mass is 241 g/mol. The van der Waals surface area contributed by atoms with Gasteiger partial charge >= 0.3 is 0 Å². The van der Waals surface area contributed by atoms with Crippen molar-refractivity contribution in [2.45, 2.75) is 10.3 Å². The van der Waals surface area contributed by atoms with Gasteiger partial charge in [0.2, 0.25) is 0 Å². The molecule has 0 unspecified atom stereocenters. The van der Waals surface area contributed by atoms with Crippen LogP contribution in [0.15, 0.2) is 17.2 Å². The molecule has 6 nitrogen and oxygen atoms in total. The van der Waals surface area contributed by atoms with Crippen LogP contribution < -0.4 is 5.32 Å². The van der Waals surface area contributed by atoms with E-state index in [0.717, 1.165) is 0 Å². The van der Waals surface area contributed by atoms with Crippen molar-refractivity contribution in [3.05, 3.63) is 22.2 Å². The van der Waals surface area contributed by atoms with Crippen molar-refractivity contribution in [1.82, 2.24) is 4.98 Å². The number of ether oxygens (including phenoxy) is 1. The minimum atomic E-state index is -0.413. The van der Waals surface area contributed by atoms with Gasteiger partial charge in [-0.1, -0.05) is 11.8 Å². The number of anilines is 1. The molecular weight excluding hydrogens is 230 g/mol. The van der Waals surface area contributed by atoms with Crippen molar-refractivity contribution in [3.8, 4) is 0 Å². The summed E-state index contributed by atoms with van der Waals surface area (Å²) in [5.41, 5.74) is 0.0575. The highest BCUT2D eigenvalue weighted by Crippen LogP contribution is 2.30. The third kappa shape index (κ3) is 2.42. The van der Waals surface area contributed by atoms with E-state index in [2.05, 4.69) is 10.3 Å². The summed E-state index contributed by atoms with van der Waals surface area (Å²) in [5, 5.41) is 14.5. The summed E-state index contributed by atoms with van der Waals surface area (Å²) < 4.78 is 5.04. The number of nitrogens with one attached hydrogen (secondary N) is 1. The summed E-state index contributed by atoms with van der Waals surface area (Å²) >= 11 is 1.51. The van der Waals surface area contributed by atoms with E-state index in [1.54, 1.807) is 7.05 Å². The Morgan fingerprint density at radius 2 is 2.38 bits per heavy atom. The maximum atomic E-state index is 10.7. The lowest BCUT2D eigenvalue weighted by atomic mass is 10.4. The number of nitrogens with zero attached hydrogens (tertiary/aromatic N) is 2. The maximum absolute atomic E-state index is 10.7. The van der Waals surface area contributed by atoms with Gasteiger partial charge < -0.3 is 10.1 Å². The minimum absolute atomic E-state index is 0.0575. The Bertz CT molecular complexity index is 409. The molecule has 1 aromatic heterocycles. The van der Waals surface area contributed by atoms with Gasteiger partial charge in [0, 0.05) is 13.1 Å². The standard InChI is InChI=1S/C9H11N3O3S/c1-10-8-2-6(12(13)14)3-9(11-8)16-7-4-15-5-7/h2-3,7H,4-5H2,1H3,(H,10,11). The Morgan fingerprint density at radius 1 is 1.62 bits per heavy atom. The van der Waals surface area contributed by atoms with E-state index >= 15 is 0 Å². The van der Waals surface area contributed by atoms with Crippen molar-refractivity contribution in [3.63, 3.8) is 0 Å². The molecule has 2 rings (SSSR count). The van der Waals surface area contributed by atoms with Crippen molar-refractivity contribution in [1.29, 1.82) is 0 Å². The number of thioether (sulfide) groups is 1. The van der Waals surface area contributed by atoms with Gasteiger partial charge in [-0.3, -0.25) is 10.1 Å². The number of hydrogen-bond donors (Lipinski definition) is 1. The normalized spacial score (nSPS) is 15.6. The zero-order valence-corrected chi connectivity index (χ0v) is 9.49.